The van der Waals surface area contributed by atoms with Crippen LogP contribution in [0.2, 0.25) is 0 Å². The van der Waals surface area contributed by atoms with E-state index in [0.717, 1.165) is 17.0 Å². The molecule has 0 aliphatic heterocycles. The van der Waals surface area contributed by atoms with Gasteiger partial charge in [0, 0.05) is 30.2 Å². The van der Waals surface area contributed by atoms with Crippen LogP contribution in [-0.4, -0.2) is 0 Å². The van der Waals surface area contributed by atoms with E-state index in [9.17, 15) is 5.11 Å². The first kappa shape index (κ1) is 9.66. The Morgan fingerprint density at radius 3 is 2.20 bits per heavy atom. The Bertz CT molecular complexity index is 434. The monoisotopic (exact) mass is 196 g/mol. The Morgan fingerprint density at radius 1 is 0.867 bits per heavy atom. The van der Waals surface area contributed by atoms with E-state index in [0.29, 0.717) is 0 Å². The second-order valence-electron chi connectivity index (χ2n) is 3.52. The second kappa shape index (κ2) is 4.09. The number of hydrogen-bond acceptors (Lipinski definition) is 0. The fraction of sp³-hybridized carbons (Fsp3) is 0.0714. The molecule has 2 aromatic carbocycles. The van der Waals surface area contributed by atoms with E-state index >= 15 is 0 Å². The molecule has 0 heterocycles. The Balaban J connectivity index is 2.32. The van der Waals surface area contributed by atoms with Crippen LogP contribution in [0.15, 0.2) is 54.6 Å². The van der Waals surface area contributed by atoms with E-state index in [1.165, 1.54) is 0 Å². The van der Waals surface area contributed by atoms with Gasteiger partial charge in [-0.2, -0.15) is 0 Å². The third-order valence-corrected chi connectivity index (χ3v) is 2.47. The highest BCUT2D eigenvalue weighted by Gasteiger charge is 2.14. The first-order valence-corrected chi connectivity index (χ1v) is 4.94. The van der Waals surface area contributed by atoms with Gasteiger partial charge in [0.05, 0.1) is 17.2 Å². The van der Waals surface area contributed by atoms with Gasteiger partial charge in [-0.3, -0.25) is 5.11 Å². The average molecular weight is 196 g/mol. The molecular formula is C14H12O+. The van der Waals surface area contributed by atoms with Crippen LogP contribution < -0.4 is 0 Å². The van der Waals surface area contributed by atoms with Crippen LogP contribution in [0.3, 0.4) is 0 Å². The van der Waals surface area contributed by atoms with Gasteiger partial charge in [-0.15, -0.1) is 0 Å². The van der Waals surface area contributed by atoms with Gasteiger partial charge in [-0.25, -0.2) is 0 Å². The van der Waals surface area contributed by atoms with Crippen LogP contribution in [0.5, 0.6) is 5.75 Å². The van der Waals surface area contributed by atoms with Gasteiger partial charge < -0.3 is 0 Å². The van der Waals surface area contributed by atoms with Crippen LogP contribution >= 0.6 is 0 Å². The molecule has 0 saturated heterocycles. The van der Waals surface area contributed by atoms with Crippen LogP contribution in [0.1, 0.15) is 18.1 Å². The summed E-state index contributed by atoms with van der Waals surface area (Å²) in [5.41, 5.74) is 2.15. The van der Waals surface area contributed by atoms with E-state index in [1.54, 1.807) is 18.2 Å². The molecule has 0 aliphatic carbocycles. The molecule has 0 aromatic heterocycles. The van der Waals surface area contributed by atoms with Crippen molar-refractivity contribution in [3.8, 4) is 5.75 Å². The maximum Gasteiger partial charge on any atom is 0.212 e. The first-order valence-electron chi connectivity index (χ1n) is 4.94. The average Bonchev–Trinajstić information content (AvgIpc) is 2.29. The molecular weight excluding hydrogens is 184 g/mol. The minimum Gasteiger partial charge on any atom is -0.280 e. The molecule has 0 spiro atoms. The van der Waals surface area contributed by atoms with Gasteiger partial charge in [-0.05, 0) is 31.2 Å². The summed E-state index contributed by atoms with van der Waals surface area (Å²) in [6.07, 6.45) is 0. The molecule has 1 radical (unpaired) electrons. The van der Waals surface area contributed by atoms with Crippen LogP contribution in [0, 0.1) is 5.92 Å². The Kier molecular flexibility index (Phi) is 2.64. The van der Waals surface area contributed by atoms with Gasteiger partial charge in [-0.1, -0.05) is 0 Å². The maximum atomic E-state index is 11.2. The van der Waals surface area contributed by atoms with Gasteiger partial charge in [0.1, 0.15) is 0 Å². The Morgan fingerprint density at radius 2 is 1.53 bits per heavy atom. The summed E-state index contributed by atoms with van der Waals surface area (Å²) in [6, 6.07) is 17.1. The van der Waals surface area contributed by atoms with Crippen LogP contribution in [0.25, 0.3) is 0 Å². The SMILES string of the molecule is C[C+](c1ccccc1)c1cccc([O])c1. The van der Waals surface area contributed by atoms with Crippen molar-refractivity contribution in [3.05, 3.63) is 71.6 Å². The number of rotatable bonds is 2. The lowest BCUT2D eigenvalue weighted by Crippen LogP contribution is -1.95. The quantitative estimate of drug-likeness (QED) is 0.651. The van der Waals surface area contributed by atoms with Crippen molar-refractivity contribution in [1.29, 1.82) is 0 Å². The molecule has 0 bridgehead atoms. The summed E-state index contributed by atoms with van der Waals surface area (Å²) in [4.78, 5) is 0. The van der Waals surface area contributed by atoms with Crippen molar-refractivity contribution in [1.82, 2.24) is 0 Å². The van der Waals surface area contributed by atoms with Crippen LogP contribution in [0.4, 0.5) is 0 Å². The van der Waals surface area contributed by atoms with Crippen molar-refractivity contribution in [2.24, 2.45) is 0 Å². The molecule has 0 fully saturated rings. The maximum absolute atomic E-state index is 11.2. The summed E-state index contributed by atoms with van der Waals surface area (Å²) in [7, 11) is 0. The zero-order chi connectivity index (χ0) is 10.7. The largest absolute Gasteiger partial charge is 0.280 e. The fourth-order valence-electron chi connectivity index (χ4n) is 1.58. The molecule has 1 heteroatoms. The predicted octanol–water partition coefficient (Wildman–Crippen LogP) is 3.82. The predicted molar refractivity (Wildman–Crippen MR) is 60.1 cm³/mol. The minimum absolute atomic E-state index is 0.0581. The third kappa shape index (κ3) is 2.13. The fourth-order valence-corrected chi connectivity index (χ4v) is 1.58. The molecule has 0 unspecified atom stereocenters. The Labute approximate surface area is 90.0 Å². The molecule has 0 atom stereocenters. The third-order valence-electron chi connectivity index (χ3n) is 2.47. The minimum atomic E-state index is 0.0581. The molecule has 1 nitrogen and oxygen atoms in total. The summed E-state index contributed by atoms with van der Waals surface area (Å²) in [5, 5.41) is 11.2. The Hall–Kier alpha value is -1.89. The van der Waals surface area contributed by atoms with Gasteiger partial charge in [0.15, 0.2) is 0 Å². The van der Waals surface area contributed by atoms with E-state index in [2.05, 4.69) is 0 Å². The highest BCUT2D eigenvalue weighted by Crippen LogP contribution is 2.25. The molecule has 15 heavy (non-hydrogen) atoms. The van der Waals surface area contributed by atoms with E-state index in [-0.39, 0.29) is 5.75 Å². The molecule has 0 saturated carbocycles. The van der Waals surface area contributed by atoms with E-state index in [1.807, 2.05) is 43.3 Å². The van der Waals surface area contributed by atoms with E-state index < -0.39 is 0 Å². The summed E-state index contributed by atoms with van der Waals surface area (Å²) < 4.78 is 0. The highest BCUT2D eigenvalue weighted by atomic mass is 16.3. The summed E-state index contributed by atoms with van der Waals surface area (Å²) >= 11 is 0. The molecule has 0 N–H and O–H groups in total. The lowest BCUT2D eigenvalue weighted by atomic mass is 9.93. The van der Waals surface area contributed by atoms with E-state index in [4.69, 9.17) is 0 Å². The highest BCUT2D eigenvalue weighted by molar-refractivity contribution is 5.46. The second-order valence-corrected chi connectivity index (χ2v) is 3.52. The lowest BCUT2D eigenvalue weighted by molar-refractivity contribution is 0.354. The van der Waals surface area contributed by atoms with Gasteiger partial charge in [0.25, 0.3) is 0 Å². The van der Waals surface area contributed by atoms with Crippen molar-refractivity contribution in [2.75, 3.05) is 0 Å². The molecule has 0 aliphatic rings. The standard InChI is InChI=1S/C14H12O/c1-11(12-6-3-2-4-7-12)13-8-5-9-14(15)10-13/h2-10H,1H3/q+1. The zero-order valence-corrected chi connectivity index (χ0v) is 8.60. The van der Waals surface area contributed by atoms with Gasteiger partial charge in [0.2, 0.25) is 5.75 Å². The topological polar surface area (TPSA) is 19.9 Å². The van der Waals surface area contributed by atoms with Crippen molar-refractivity contribution < 1.29 is 5.11 Å². The van der Waals surface area contributed by atoms with Crippen molar-refractivity contribution in [3.63, 3.8) is 0 Å². The zero-order valence-electron chi connectivity index (χ0n) is 8.60. The smallest absolute Gasteiger partial charge is 0.212 e. The molecule has 2 aromatic rings. The molecule has 0 amide bonds. The van der Waals surface area contributed by atoms with Crippen molar-refractivity contribution in [2.45, 2.75) is 6.92 Å². The normalized spacial score (nSPS) is 9.93. The number of benzene rings is 2. The van der Waals surface area contributed by atoms with Gasteiger partial charge >= 0.3 is 0 Å². The number of hydrogen-bond donors (Lipinski definition) is 0. The lowest BCUT2D eigenvalue weighted by Gasteiger charge is -2.04. The molecule has 2 rings (SSSR count). The first-order chi connectivity index (χ1) is 7.27. The van der Waals surface area contributed by atoms with Crippen molar-refractivity contribution >= 4 is 0 Å². The summed E-state index contributed by atoms with van der Waals surface area (Å²) in [5.74, 6) is 1.19. The van der Waals surface area contributed by atoms with Crippen LogP contribution in [-0.2, 0) is 5.11 Å². The molecule has 73 valence electrons. The summed E-state index contributed by atoms with van der Waals surface area (Å²) in [6.45, 7) is 2.03.